The smallest absolute Gasteiger partial charge is 0.276 e. The average molecular weight is 372 g/mol. The van der Waals surface area contributed by atoms with E-state index in [1.807, 2.05) is 43.3 Å². The molecule has 2 aromatic rings. The Morgan fingerprint density at radius 1 is 1.08 bits per heavy atom. The van der Waals surface area contributed by atoms with Crippen LogP contribution in [-0.2, 0) is 17.6 Å². The van der Waals surface area contributed by atoms with Crippen molar-refractivity contribution in [2.24, 2.45) is 0 Å². The predicted octanol–water partition coefficient (Wildman–Crippen LogP) is 3.52. The standard InChI is InChI=1S/C20H25N3O2S/c1-4-15-9-7-11-17(12-15)25-13-18(24)22-23-20(26)21-19-14(3)8-6-10-16(19)5-2/h6-12H,4-5,13H2,1-3H3,(H,22,24)(H2,21,23,26). The lowest BCUT2D eigenvalue weighted by Crippen LogP contribution is -2.45. The number of carbonyl (C=O) groups is 1. The van der Waals surface area contributed by atoms with Gasteiger partial charge >= 0.3 is 0 Å². The first-order valence-corrected chi connectivity index (χ1v) is 9.10. The van der Waals surface area contributed by atoms with Gasteiger partial charge in [-0.3, -0.25) is 15.6 Å². The van der Waals surface area contributed by atoms with E-state index in [9.17, 15) is 4.79 Å². The quantitative estimate of drug-likeness (QED) is 0.536. The van der Waals surface area contributed by atoms with Crippen molar-refractivity contribution < 1.29 is 9.53 Å². The summed E-state index contributed by atoms with van der Waals surface area (Å²) in [7, 11) is 0. The summed E-state index contributed by atoms with van der Waals surface area (Å²) in [5, 5.41) is 3.47. The summed E-state index contributed by atoms with van der Waals surface area (Å²) >= 11 is 5.25. The van der Waals surface area contributed by atoms with Crippen molar-refractivity contribution in [3.63, 3.8) is 0 Å². The van der Waals surface area contributed by atoms with Crippen LogP contribution in [0.25, 0.3) is 0 Å². The van der Waals surface area contributed by atoms with Gasteiger partial charge in [-0.25, -0.2) is 0 Å². The highest BCUT2D eigenvalue weighted by molar-refractivity contribution is 7.80. The number of hydrazine groups is 1. The summed E-state index contributed by atoms with van der Waals surface area (Å²) in [6, 6.07) is 13.8. The molecule has 0 radical (unpaired) electrons. The van der Waals surface area contributed by atoms with Crippen LogP contribution in [0.3, 0.4) is 0 Å². The summed E-state index contributed by atoms with van der Waals surface area (Å²) < 4.78 is 5.50. The first-order chi connectivity index (χ1) is 12.5. The Bertz CT molecular complexity index is 777. The Morgan fingerprint density at radius 2 is 1.85 bits per heavy atom. The Balaban J connectivity index is 1.81. The summed E-state index contributed by atoms with van der Waals surface area (Å²) in [5.74, 6) is 0.365. The molecule has 1 amide bonds. The zero-order chi connectivity index (χ0) is 18.9. The van der Waals surface area contributed by atoms with Crippen molar-refractivity contribution in [1.82, 2.24) is 10.9 Å². The molecule has 5 nitrogen and oxygen atoms in total. The average Bonchev–Trinajstić information content (AvgIpc) is 2.66. The van der Waals surface area contributed by atoms with E-state index < -0.39 is 0 Å². The third kappa shape index (κ3) is 5.74. The molecular weight excluding hydrogens is 346 g/mol. The molecule has 0 saturated heterocycles. The zero-order valence-electron chi connectivity index (χ0n) is 15.4. The van der Waals surface area contributed by atoms with Gasteiger partial charge in [-0.2, -0.15) is 0 Å². The molecule has 0 unspecified atom stereocenters. The van der Waals surface area contributed by atoms with E-state index in [0.717, 1.165) is 29.7 Å². The minimum atomic E-state index is -0.309. The first-order valence-electron chi connectivity index (χ1n) is 8.69. The second kappa shape index (κ2) is 9.77. The lowest BCUT2D eigenvalue weighted by Gasteiger charge is -2.16. The molecule has 0 heterocycles. The second-order valence-corrected chi connectivity index (χ2v) is 6.29. The molecule has 6 heteroatoms. The number of ether oxygens (including phenoxy) is 1. The minimum absolute atomic E-state index is 0.0899. The normalized spacial score (nSPS) is 10.1. The van der Waals surface area contributed by atoms with Gasteiger partial charge in [0.15, 0.2) is 11.7 Å². The molecule has 0 aliphatic heterocycles. The Kier molecular flexibility index (Phi) is 7.41. The highest BCUT2D eigenvalue weighted by Gasteiger charge is 2.08. The van der Waals surface area contributed by atoms with Gasteiger partial charge in [-0.15, -0.1) is 0 Å². The number of anilines is 1. The molecule has 138 valence electrons. The minimum Gasteiger partial charge on any atom is -0.484 e. The van der Waals surface area contributed by atoms with Crippen molar-refractivity contribution in [3.05, 3.63) is 59.2 Å². The van der Waals surface area contributed by atoms with Gasteiger partial charge in [0.25, 0.3) is 5.91 Å². The topological polar surface area (TPSA) is 62.4 Å². The molecule has 0 aliphatic carbocycles. The van der Waals surface area contributed by atoms with Gasteiger partial charge in [-0.1, -0.05) is 44.2 Å². The number of carbonyl (C=O) groups excluding carboxylic acids is 1. The van der Waals surface area contributed by atoms with Crippen LogP contribution in [0.5, 0.6) is 5.75 Å². The highest BCUT2D eigenvalue weighted by atomic mass is 32.1. The molecule has 2 rings (SSSR count). The Morgan fingerprint density at radius 3 is 2.58 bits per heavy atom. The number of aryl methyl sites for hydroxylation is 3. The molecular formula is C20H25N3O2S. The fourth-order valence-corrected chi connectivity index (χ4v) is 2.67. The van der Waals surface area contributed by atoms with Gasteiger partial charge in [0.2, 0.25) is 0 Å². The van der Waals surface area contributed by atoms with E-state index in [1.165, 1.54) is 5.56 Å². The molecule has 0 fully saturated rings. The van der Waals surface area contributed by atoms with Crippen LogP contribution in [0, 0.1) is 6.92 Å². The van der Waals surface area contributed by atoms with Gasteiger partial charge in [0.05, 0.1) is 0 Å². The third-order valence-electron chi connectivity index (χ3n) is 3.97. The van der Waals surface area contributed by atoms with Gasteiger partial charge < -0.3 is 10.1 Å². The van der Waals surface area contributed by atoms with Gasteiger partial charge in [0, 0.05) is 5.69 Å². The molecule has 0 saturated carbocycles. The van der Waals surface area contributed by atoms with E-state index in [0.29, 0.717) is 10.9 Å². The number of hydrogen-bond acceptors (Lipinski definition) is 3. The van der Waals surface area contributed by atoms with Crippen LogP contribution in [0.4, 0.5) is 5.69 Å². The molecule has 0 aromatic heterocycles. The van der Waals surface area contributed by atoms with E-state index in [1.54, 1.807) is 0 Å². The number of rotatable bonds is 6. The van der Waals surface area contributed by atoms with E-state index in [-0.39, 0.29) is 12.5 Å². The lowest BCUT2D eigenvalue weighted by molar-refractivity contribution is -0.123. The Labute approximate surface area is 160 Å². The zero-order valence-corrected chi connectivity index (χ0v) is 16.2. The summed E-state index contributed by atoms with van der Waals surface area (Å²) in [4.78, 5) is 11.9. The SMILES string of the molecule is CCc1cccc(OCC(=O)NNC(=S)Nc2c(C)cccc2CC)c1. The monoisotopic (exact) mass is 371 g/mol. The first kappa shape index (κ1) is 19.7. The molecule has 3 N–H and O–H groups in total. The maximum Gasteiger partial charge on any atom is 0.276 e. The summed E-state index contributed by atoms with van der Waals surface area (Å²) in [5.41, 5.74) is 9.64. The fraction of sp³-hybridized carbons (Fsp3) is 0.300. The van der Waals surface area contributed by atoms with Gasteiger partial charge in [-0.05, 0) is 60.8 Å². The Hall–Kier alpha value is -2.60. The summed E-state index contributed by atoms with van der Waals surface area (Å²) in [6.07, 6.45) is 1.81. The van der Waals surface area contributed by atoms with Crippen LogP contribution in [0.15, 0.2) is 42.5 Å². The molecule has 0 spiro atoms. The molecule has 0 aliphatic rings. The van der Waals surface area contributed by atoms with Crippen molar-refractivity contribution in [2.75, 3.05) is 11.9 Å². The second-order valence-electron chi connectivity index (χ2n) is 5.88. The van der Waals surface area contributed by atoms with E-state index >= 15 is 0 Å². The maximum atomic E-state index is 11.9. The van der Waals surface area contributed by atoms with Crippen molar-refractivity contribution in [2.45, 2.75) is 33.6 Å². The number of amides is 1. The van der Waals surface area contributed by atoms with Crippen LogP contribution >= 0.6 is 12.2 Å². The highest BCUT2D eigenvalue weighted by Crippen LogP contribution is 2.20. The number of thiocarbonyl (C=S) groups is 1. The van der Waals surface area contributed by atoms with Crippen molar-refractivity contribution in [1.29, 1.82) is 0 Å². The lowest BCUT2D eigenvalue weighted by atomic mass is 10.1. The molecule has 2 aromatic carbocycles. The summed E-state index contributed by atoms with van der Waals surface area (Å²) in [6.45, 7) is 6.08. The third-order valence-corrected chi connectivity index (χ3v) is 4.17. The number of nitrogens with one attached hydrogen (secondary N) is 3. The molecule has 0 atom stereocenters. The van der Waals surface area contributed by atoms with Crippen molar-refractivity contribution >= 4 is 28.9 Å². The predicted molar refractivity (Wildman–Crippen MR) is 109 cm³/mol. The van der Waals surface area contributed by atoms with Crippen LogP contribution < -0.4 is 20.9 Å². The van der Waals surface area contributed by atoms with E-state index in [2.05, 4.69) is 36.1 Å². The van der Waals surface area contributed by atoms with Gasteiger partial charge in [0.1, 0.15) is 5.75 Å². The molecule has 26 heavy (non-hydrogen) atoms. The van der Waals surface area contributed by atoms with Crippen molar-refractivity contribution in [3.8, 4) is 5.75 Å². The van der Waals surface area contributed by atoms with Crippen LogP contribution in [0.2, 0.25) is 0 Å². The number of benzene rings is 2. The number of para-hydroxylation sites is 1. The van der Waals surface area contributed by atoms with E-state index in [4.69, 9.17) is 17.0 Å². The maximum absolute atomic E-state index is 11.9. The van der Waals surface area contributed by atoms with Crippen LogP contribution in [0.1, 0.15) is 30.5 Å². The van der Waals surface area contributed by atoms with Crippen LogP contribution in [-0.4, -0.2) is 17.6 Å². The fourth-order valence-electron chi connectivity index (χ4n) is 2.51. The number of hydrogen-bond donors (Lipinski definition) is 3. The largest absolute Gasteiger partial charge is 0.484 e. The molecule has 0 bridgehead atoms.